The Kier molecular flexibility index (Phi) is 3.64. The van der Waals surface area contributed by atoms with E-state index in [2.05, 4.69) is 30.3 Å². The normalized spacial score (nSPS) is 12.9. The van der Waals surface area contributed by atoms with Crippen molar-refractivity contribution in [2.24, 2.45) is 0 Å². The maximum Gasteiger partial charge on any atom is 0.120 e. The maximum atomic E-state index is 5.36. The fraction of sp³-hybridized carbons (Fsp3) is 0.462. The summed E-state index contributed by atoms with van der Waals surface area (Å²) in [6.07, 6.45) is 1.70. The lowest BCUT2D eigenvalue weighted by atomic mass is 10.2. The largest absolute Gasteiger partial charge is 0.468 e. The maximum absolute atomic E-state index is 5.36. The lowest BCUT2D eigenvalue weighted by Crippen LogP contribution is -2.19. The van der Waals surface area contributed by atoms with E-state index in [0.717, 1.165) is 24.5 Å². The van der Waals surface area contributed by atoms with E-state index < -0.39 is 0 Å². The summed E-state index contributed by atoms with van der Waals surface area (Å²) in [5.74, 6) is 0.962. The monoisotopic (exact) mass is 233 g/mol. The highest BCUT2D eigenvalue weighted by Crippen LogP contribution is 2.13. The van der Waals surface area contributed by atoms with Gasteiger partial charge in [-0.15, -0.1) is 0 Å². The Hall–Kier alpha value is -1.55. The van der Waals surface area contributed by atoms with Crippen molar-refractivity contribution in [1.29, 1.82) is 0 Å². The molecule has 0 spiro atoms. The highest BCUT2D eigenvalue weighted by molar-refractivity contribution is 5.10. The Balaban J connectivity index is 1.97. The van der Waals surface area contributed by atoms with Crippen LogP contribution in [0.25, 0.3) is 0 Å². The predicted molar refractivity (Wildman–Crippen MR) is 66.6 cm³/mol. The molecule has 0 saturated heterocycles. The van der Waals surface area contributed by atoms with Gasteiger partial charge in [0.1, 0.15) is 5.76 Å². The minimum Gasteiger partial charge on any atom is -0.468 e. The van der Waals surface area contributed by atoms with Crippen molar-refractivity contribution in [3.8, 4) is 0 Å². The summed E-state index contributed by atoms with van der Waals surface area (Å²) < 4.78 is 7.39. The van der Waals surface area contributed by atoms with Crippen LogP contribution in [0.4, 0.5) is 0 Å². The first kappa shape index (κ1) is 11.9. The van der Waals surface area contributed by atoms with Gasteiger partial charge in [-0.2, -0.15) is 5.10 Å². The molecular weight excluding hydrogens is 214 g/mol. The second kappa shape index (κ2) is 5.19. The average molecular weight is 233 g/mol. The smallest absolute Gasteiger partial charge is 0.120 e. The van der Waals surface area contributed by atoms with Gasteiger partial charge in [0.15, 0.2) is 0 Å². The molecule has 0 unspecified atom stereocenters. The van der Waals surface area contributed by atoms with Crippen molar-refractivity contribution in [2.45, 2.75) is 39.9 Å². The van der Waals surface area contributed by atoms with Crippen molar-refractivity contribution in [2.75, 3.05) is 0 Å². The van der Waals surface area contributed by atoms with Gasteiger partial charge in [0.2, 0.25) is 0 Å². The standard InChI is InChI=1S/C13H19N3O/c1-4-16-12(8-10(2)15-16)9-14-11(3)13-6-5-7-17-13/h5-8,11,14H,4,9H2,1-3H3/t11-/m1/s1. The summed E-state index contributed by atoms with van der Waals surface area (Å²) >= 11 is 0. The number of nitrogens with one attached hydrogen (secondary N) is 1. The lowest BCUT2D eigenvalue weighted by molar-refractivity contribution is 0.424. The second-order valence-corrected chi connectivity index (χ2v) is 4.21. The van der Waals surface area contributed by atoms with Gasteiger partial charge in [-0.3, -0.25) is 4.68 Å². The summed E-state index contributed by atoms with van der Waals surface area (Å²) in [6, 6.07) is 6.23. The van der Waals surface area contributed by atoms with Gasteiger partial charge in [0.05, 0.1) is 23.7 Å². The van der Waals surface area contributed by atoms with Crippen molar-refractivity contribution < 1.29 is 4.42 Å². The Morgan fingerprint density at radius 1 is 1.53 bits per heavy atom. The average Bonchev–Trinajstić information content (AvgIpc) is 2.94. The molecule has 0 saturated carbocycles. The van der Waals surface area contributed by atoms with Crippen LogP contribution in [0.15, 0.2) is 28.9 Å². The quantitative estimate of drug-likeness (QED) is 0.863. The first-order valence-corrected chi connectivity index (χ1v) is 6.00. The molecule has 0 aliphatic rings. The third-order valence-corrected chi connectivity index (χ3v) is 2.84. The van der Waals surface area contributed by atoms with Crippen LogP contribution < -0.4 is 5.32 Å². The molecule has 2 rings (SSSR count). The zero-order valence-electron chi connectivity index (χ0n) is 10.6. The van der Waals surface area contributed by atoms with Gasteiger partial charge >= 0.3 is 0 Å². The molecule has 92 valence electrons. The summed E-state index contributed by atoms with van der Waals surface area (Å²) in [6.45, 7) is 7.92. The zero-order valence-corrected chi connectivity index (χ0v) is 10.6. The number of nitrogens with zero attached hydrogens (tertiary/aromatic N) is 2. The van der Waals surface area contributed by atoms with E-state index >= 15 is 0 Å². The lowest BCUT2D eigenvalue weighted by Gasteiger charge is -2.11. The van der Waals surface area contributed by atoms with E-state index in [1.165, 1.54) is 5.69 Å². The number of furan rings is 1. The van der Waals surface area contributed by atoms with Crippen LogP contribution in [0.1, 0.15) is 37.0 Å². The van der Waals surface area contributed by atoms with Gasteiger partial charge in [-0.05, 0) is 39.0 Å². The van der Waals surface area contributed by atoms with Crippen molar-refractivity contribution in [3.63, 3.8) is 0 Å². The molecule has 1 N–H and O–H groups in total. The third-order valence-electron chi connectivity index (χ3n) is 2.84. The summed E-state index contributed by atoms with van der Waals surface area (Å²) in [7, 11) is 0. The van der Waals surface area contributed by atoms with E-state index in [4.69, 9.17) is 4.42 Å². The van der Waals surface area contributed by atoms with Crippen LogP contribution in [0.2, 0.25) is 0 Å². The van der Waals surface area contributed by atoms with E-state index in [1.807, 2.05) is 23.7 Å². The Morgan fingerprint density at radius 3 is 3.00 bits per heavy atom. The SMILES string of the molecule is CCn1nc(C)cc1CN[C@H](C)c1ccco1. The van der Waals surface area contributed by atoms with E-state index in [0.29, 0.717) is 0 Å². The summed E-state index contributed by atoms with van der Waals surface area (Å²) in [4.78, 5) is 0. The van der Waals surface area contributed by atoms with Gasteiger partial charge in [-0.1, -0.05) is 0 Å². The molecular formula is C13H19N3O. The van der Waals surface area contributed by atoms with Crippen molar-refractivity contribution in [3.05, 3.63) is 41.6 Å². The molecule has 0 bridgehead atoms. The molecule has 4 nitrogen and oxygen atoms in total. The Labute approximate surface area is 102 Å². The number of rotatable bonds is 5. The van der Waals surface area contributed by atoms with E-state index in [9.17, 15) is 0 Å². The number of hydrogen-bond acceptors (Lipinski definition) is 3. The fourth-order valence-corrected chi connectivity index (χ4v) is 1.91. The van der Waals surface area contributed by atoms with Crippen LogP contribution in [0.3, 0.4) is 0 Å². The number of hydrogen-bond donors (Lipinski definition) is 1. The van der Waals surface area contributed by atoms with Crippen molar-refractivity contribution >= 4 is 0 Å². The molecule has 1 atom stereocenters. The summed E-state index contributed by atoms with van der Waals surface area (Å²) in [5, 5.41) is 7.86. The fourth-order valence-electron chi connectivity index (χ4n) is 1.91. The van der Waals surface area contributed by atoms with E-state index in [-0.39, 0.29) is 6.04 Å². The van der Waals surface area contributed by atoms with Crippen LogP contribution in [-0.2, 0) is 13.1 Å². The minimum atomic E-state index is 0.213. The number of aryl methyl sites for hydroxylation is 2. The Bertz CT molecular complexity index is 459. The molecule has 4 heteroatoms. The minimum absolute atomic E-state index is 0.213. The molecule has 0 aliphatic carbocycles. The summed E-state index contributed by atoms with van der Waals surface area (Å²) in [5.41, 5.74) is 2.28. The highest BCUT2D eigenvalue weighted by atomic mass is 16.3. The van der Waals surface area contributed by atoms with Gasteiger partial charge < -0.3 is 9.73 Å². The molecule has 2 aromatic rings. The number of aromatic nitrogens is 2. The molecule has 2 aromatic heterocycles. The molecule has 2 heterocycles. The highest BCUT2D eigenvalue weighted by Gasteiger charge is 2.09. The van der Waals surface area contributed by atoms with Crippen LogP contribution >= 0.6 is 0 Å². The molecule has 0 radical (unpaired) electrons. The topological polar surface area (TPSA) is 43.0 Å². The molecule has 0 fully saturated rings. The van der Waals surface area contributed by atoms with Crippen LogP contribution in [0, 0.1) is 6.92 Å². The van der Waals surface area contributed by atoms with E-state index in [1.54, 1.807) is 6.26 Å². The van der Waals surface area contributed by atoms with Gasteiger partial charge in [0.25, 0.3) is 0 Å². The zero-order chi connectivity index (χ0) is 12.3. The molecule has 0 amide bonds. The van der Waals surface area contributed by atoms with Gasteiger partial charge in [-0.25, -0.2) is 0 Å². The van der Waals surface area contributed by atoms with Crippen LogP contribution in [-0.4, -0.2) is 9.78 Å². The Morgan fingerprint density at radius 2 is 2.35 bits per heavy atom. The molecule has 0 aromatic carbocycles. The van der Waals surface area contributed by atoms with Gasteiger partial charge in [0, 0.05) is 13.1 Å². The first-order valence-electron chi connectivity index (χ1n) is 6.00. The van der Waals surface area contributed by atoms with Crippen molar-refractivity contribution in [1.82, 2.24) is 15.1 Å². The molecule has 0 aliphatic heterocycles. The molecule has 17 heavy (non-hydrogen) atoms. The second-order valence-electron chi connectivity index (χ2n) is 4.21. The van der Waals surface area contributed by atoms with Crippen LogP contribution in [0.5, 0.6) is 0 Å². The predicted octanol–water partition coefficient (Wildman–Crippen LogP) is 2.66. The third kappa shape index (κ3) is 2.77. The first-order chi connectivity index (χ1) is 8.20.